The average Bonchev–Trinajstić information content (AvgIpc) is 2.95. The van der Waals surface area contributed by atoms with Crippen molar-refractivity contribution in [2.24, 2.45) is 0 Å². The molecule has 1 heterocycles. The first-order valence-electron chi connectivity index (χ1n) is 6.55. The molecule has 2 aromatic carbocycles. The van der Waals surface area contributed by atoms with E-state index in [9.17, 15) is 5.11 Å². The van der Waals surface area contributed by atoms with E-state index in [-0.39, 0.29) is 6.79 Å². The minimum Gasteiger partial charge on any atom is -0.454 e. The number of fused-ring (bicyclic) bond motifs is 1. The largest absolute Gasteiger partial charge is 0.454 e. The first-order chi connectivity index (χ1) is 9.74. The van der Waals surface area contributed by atoms with Gasteiger partial charge in [0.2, 0.25) is 6.79 Å². The maximum absolute atomic E-state index is 10.3. The summed E-state index contributed by atoms with van der Waals surface area (Å²) in [5.74, 6) is 1.40. The molecule has 1 unspecified atom stereocenters. The van der Waals surface area contributed by atoms with Gasteiger partial charge in [0.1, 0.15) is 0 Å². The van der Waals surface area contributed by atoms with Gasteiger partial charge in [-0.25, -0.2) is 0 Å². The standard InChI is InChI=1S/C16H15BrO3/c17-13-8-12(9-15-16(13)20-10-19-15)14(18)7-6-11-4-2-1-3-5-11/h1-5,8-9,14,18H,6-7,10H2. The lowest BCUT2D eigenvalue weighted by molar-refractivity contribution is 0.165. The lowest BCUT2D eigenvalue weighted by atomic mass is 10.0. The summed E-state index contributed by atoms with van der Waals surface area (Å²) >= 11 is 3.45. The van der Waals surface area contributed by atoms with Crippen LogP contribution in [0.1, 0.15) is 23.7 Å². The lowest BCUT2D eigenvalue weighted by Crippen LogP contribution is -2.00. The summed E-state index contributed by atoms with van der Waals surface area (Å²) in [6.07, 6.45) is 1.01. The molecular formula is C16H15BrO3. The van der Waals surface area contributed by atoms with Crippen LogP contribution in [0.2, 0.25) is 0 Å². The fraction of sp³-hybridized carbons (Fsp3) is 0.250. The predicted molar refractivity (Wildman–Crippen MR) is 80.0 cm³/mol. The highest BCUT2D eigenvalue weighted by Crippen LogP contribution is 2.41. The molecule has 20 heavy (non-hydrogen) atoms. The second-order valence-corrected chi connectivity index (χ2v) is 5.63. The van der Waals surface area contributed by atoms with Crippen molar-refractivity contribution in [3.8, 4) is 11.5 Å². The van der Waals surface area contributed by atoms with E-state index in [4.69, 9.17) is 9.47 Å². The molecule has 0 aromatic heterocycles. The van der Waals surface area contributed by atoms with Gasteiger partial charge >= 0.3 is 0 Å². The first-order valence-corrected chi connectivity index (χ1v) is 7.34. The SMILES string of the molecule is OC(CCc1ccccc1)c1cc(Br)c2c(c1)OCO2. The number of ether oxygens (including phenoxy) is 2. The van der Waals surface area contributed by atoms with Crippen LogP contribution >= 0.6 is 15.9 Å². The molecule has 0 saturated carbocycles. The number of aliphatic hydroxyl groups excluding tert-OH is 1. The van der Waals surface area contributed by atoms with Crippen LogP contribution < -0.4 is 9.47 Å². The molecule has 1 aliphatic rings. The van der Waals surface area contributed by atoms with Gasteiger partial charge in [-0.05, 0) is 52.0 Å². The molecule has 0 aliphatic carbocycles. The highest BCUT2D eigenvalue weighted by molar-refractivity contribution is 9.10. The second-order valence-electron chi connectivity index (χ2n) is 4.78. The third-order valence-corrected chi connectivity index (χ3v) is 3.97. The van der Waals surface area contributed by atoms with Crippen molar-refractivity contribution in [1.82, 2.24) is 0 Å². The first kappa shape index (κ1) is 13.5. The Labute approximate surface area is 126 Å². The molecule has 0 spiro atoms. The number of rotatable bonds is 4. The summed E-state index contributed by atoms with van der Waals surface area (Å²) in [7, 11) is 0. The topological polar surface area (TPSA) is 38.7 Å². The van der Waals surface area contributed by atoms with Crippen LogP contribution in [-0.4, -0.2) is 11.9 Å². The monoisotopic (exact) mass is 334 g/mol. The minimum absolute atomic E-state index is 0.234. The third kappa shape index (κ3) is 2.81. The Kier molecular flexibility index (Phi) is 3.94. The summed E-state index contributed by atoms with van der Waals surface area (Å²) in [5.41, 5.74) is 2.07. The predicted octanol–water partition coefficient (Wildman–Crippen LogP) is 3.84. The van der Waals surface area contributed by atoms with E-state index in [0.717, 1.165) is 16.5 Å². The van der Waals surface area contributed by atoms with E-state index >= 15 is 0 Å². The van der Waals surface area contributed by atoms with E-state index in [2.05, 4.69) is 28.1 Å². The van der Waals surface area contributed by atoms with E-state index in [1.165, 1.54) is 5.56 Å². The number of hydrogen-bond donors (Lipinski definition) is 1. The maximum Gasteiger partial charge on any atom is 0.231 e. The van der Waals surface area contributed by atoms with Gasteiger partial charge in [-0.2, -0.15) is 0 Å². The van der Waals surface area contributed by atoms with Crippen molar-refractivity contribution in [3.63, 3.8) is 0 Å². The number of benzene rings is 2. The molecule has 3 rings (SSSR count). The second kappa shape index (κ2) is 5.85. The van der Waals surface area contributed by atoms with Crippen LogP contribution in [0.4, 0.5) is 0 Å². The minimum atomic E-state index is -0.513. The van der Waals surface area contributed by atoms with Crippen LogP contribution in [0.5, 0.6) is 11.5 Å². The molecule has 3 nitrogen and oxygen atoms in total. The molecule has 1 aliphatic heterocycles. The van der Waals surface area contributed by atoms with Crippen LogP contribution in [0.25, 0.3) is 0 Å². The molecule has 1 N–H and O–H groups in total. The van der Waals surface area contributed by atoms with Crippen molar-refractivity contribution in [1.29, 1.82) is 0 Å². The molecule has 0 bridgehead atoms. The molecular weight excluding hydrogens is 320 g/mol. The summed E-state index contributed by atoms with van der Waals surface area (Å²) in [6.45, 7) is 0.234. The highest BCUT2D eigenvalue weighted by Gasteiger charge is 2.20. The van der Waals surface area contributed by atoms with Gasteiger partial charge in [-0.3, -0.25) is 0 Å². The number of halogens is 1. The summed E-state index contributed by atoms with van der Waals surface area (Å²) in [6, 6.07) is 13.9. The lowest BCUT2D eigenvalue weighted by Gasteiger charge is -2.12. The zero-order valence-electron chi connectivity index (χ0n) is 10.9. The zero-order valence-corrected chi connectivity index (χ0v) is 12.5. The van der Waals surface area contributed by atoms with Gasteiger partial charge in [-0.15, -0.1) is 0 Å². The van der Waals surface area contributed by atoms with E-state index in [1.807, 2.05) is 30.3 Å². The molecule has 0 amide bonds. The van der Waals surface area contributed by atoms with E-state index < -0.39 is 6.10 Å². The molecule has 104 valence electrons. The van der Waals surface area contributed by atoms with Crippen molar-refractivity contribution in [2.75, 3.05) is 6.79 Å². The molecule has 0 radical (unpaired) electrons. The van der Waals surface area contributed by atoms with Crippen molar-refractivity contribution < 1.29 is 14.6 Å². The fourth-order valence-corrected chi connectivity index (χ4v) is 2.87. The molecule has 0 saturated heterocycles. The number of aliphatic hydroxyl groups is 1. The van der Waals surface area contributed by atoms with Gasteiger partial charge in [0.25, 0.3) is 0 Å². The zero-order chi connectivity index (χ0) is 13.9. The molecule has 2 aromatic rings. The van der Waals surface area contributed by atoms with E-state index in [1.54, 1.807) is 0 Å². The quantitative estimate of drug-likeness (QED) is 0.923. The molecule has 1 atom stereocenters. The van der Waals surface area contributed by atoms with Crippen LogP contribution in [0.3, 0.4) is 0 Å². The van der Waals surface area contributed by atoms with Crippen LogP contribution in [0.15, 0.2) is 46.9 Å². The summed E-state index contributed by atoms with van der Waals surface area (Å²) in [5, 5.41) is 10.3. The van der Waals surface area contributed by atoms with Gasteiger partial charge in [0, 0.05) is 0 Å². The summed E-state index contributed by atoms with van der Waals surface area (Å²) < 4.78 is 11.5. The van der Waals surface area contributed by atoms with Crippen LogP contribution in [0, 0.1) is 0 Å². The normalized spacial score (nSPS) is 14.3. The Morgan fingerprint density at radius 1 is 1.15 bits per heavy atom. The number of hydrogen-bond acceptors (Lipinski definition) is 3. The molecule has 0 fully saturated rings. The smallest absolute Gasteiger partial charge is 0.231 e. The van der Waals surface area contributed by atoms with Crippen molar-refractivity contribution in [3.05, 3.63) is 58.1 Å². The van der Waals surface area contributed by atoms with Crippen molar-refractivity contribution in [2.45, 2.75) is 18.9 Å². The number of aryl methyl sites for hydroxylation is 1. The van der Waals surface area contributed by atoms with Gasteiger partial charge in [-0.1, -0.05) is 30.3 Å². The Hall–Kier alpha value is -1.52. The Balaban J connectivity index is 1.71. The fourth-order valence-electron chi connectivity index (χ4n) is 2.29. The van der Waals surface area contributed by atoms with Gasteiger partial charge in [0.15, 0.2) is 11.5 Å². The van der Waals surface area contributed by atoms with E-state index in [0.29, 0.717) is 17.9 Å². The Morgan fingerprint density at radius 2 is 1.95 bits per heavy atom. The maximum atomic E-state index is 10.3. The Bertz CT molecular complexity index is 598. The molecule has 4 heteroatoms. The third-order valence-electron chi connectivity index (χ3n) is 3.38. The van der Waals surface area contributed by atoms with Crippen LogP contribution in [-0.2, 0) is 6.42 Å². The average molecular weight is 335 g/mol. The Morgan fingerprint density at radius 3 is 2.75 bits per heavy atom. The van der Waals surface area contributed by atoms with Gasteiger partial charge in [0.05, 0.1) is 10.6 Å². The summed E-state index contributed by atoms with van der Waals surface area (Å²) in [4.78, 5) is 0. The van der Waals surface area contributed by atoms with Gasteiger partial charge < -0.3 is 14.6 Å². The van der Waals surface area contributed by atoms with Crippen molar-refractivity contribution >= 4 is 15.9 Å². The highest BCUT2D eigenvalue weighted by atomic mass is 79.9.